The van der Waals surface area contributed by atoms with Crippen molar-refractivity contribution in [3.63, 3.8) is 0 Å². The van der Waals surface area contributed by atoms with Crippen LogP contribution in [0.15, 0.2) is 30.8 Å². The summed E-state index contributed by atoms with van der Waals surface area (Å²) in [7, 11) is 1.40. The van der Waals surface area contributed by atoms with Crippen LogP contribution in [0.2, 0.25) is 0 Å². The molecule has 120 valence electrons. The molecule has 1 heterocycles. The van der Waals surface area contributed by atoms with Crippen molar-refractivity contribution in [2.24, 2.45) is 0 Å². The molecule has 24 heavy (non-hydrogen) atoms. The monoisotopic (exact) mass is 338 g/mol. The number of benzene rings is 2. The minimum Gasteiger partial charge on any atom is -0.494 e. The topological polar surface area (TPSA) is 45.9 Å². The van der Waals surface area contributed by atoms with E-state index in [1.807, 2.05) is 19.9 Å². The number of hydrogen-bond donors (Lipinski definition) is 0. The van der Waals surface area contributed by atoms with Crippen LogP contribution in [0.4, 0.5) is 4.39 Å². The van der Waals surface area contributed by atoms with Gasteiger partial charge in [-0.25, -0.2) is 9.37 Å². The van der Waals surface area contributed by atoms with Gasteiger partial charge in [0, 0.05) is 10.9 Å². The van der Waals surface area contributed by atoms with E-state index in [0.717, 1.165) is 26.7 Å². The van der Waals surface area contributed by atoms with Gasteiger partial charge in [0.15, 0.2) is 11.6 Å². The van der Waals surface area contributed by atoms with Gasteiger partial charge in [0.05, 0.1) is 29.3 Å². The van der Waals surface area contributed by atoms with Crippen LogP contribution in [-0.2, 0) is 0 Å². The van der Waals surface area contributed by atoms with E-state index in [1.54, 1.807) is 12.1 Å². The van der Waals surface area contributed by atoms with Crippen molar-refractivity contribution in [3.8, 4) is 22.4 Å². The molecule has 0 amide bonds. The highest BCUT2D eigenvalue weighted by Crippen LogP contribution is 2.35. The molecule has 0 aliphatic carbocycles. The molecule has 0 spiro atoms. The molecule has 0 fully saturated rings. The summed E-state index contributed by atoms with van der Waals surface area (Å²) in [6.45, 7) is 7.83. The predicted molar refractivity (Wildman–Crippen MR) is 95.7 cm³/mol. The van der Waals surface area contributed by atoms with Gasteiger partial charge in [-0.3, -0.25) is 0 Å². The van der Waals surface area contributed by atoms with Gasteiger partial charge in [0.25, 0.3) is 0 Å². The first kappa shape index (κ1) is 16.2. The van der Waals surface area contributed by atoms with E-state index in [-0.39, 0.29) is 5.75 Å². The summed E-state index contributed by atoms with van der Waals surface area (Å²) in [5.41, 5.74) is 3.12. The molecule has 0 saturated carbocycles. The minimum atomic E-state index is -0.455. The highest BCUT2D eigenvalue weighted by atomic mass is 32.1. The molecule has 3 aromatic rings. The number of aromatic nitrogens is 1. The second-order valence-corrected chi connectivity index (χ2v) is 6.56. The van der Waals surface area contributed by atoms with Crippen molar-refractivity contribution in [3.05, 3.63) is 52.8 Å². The van der Waals surface area contributed by atoms with E-state index in [0.29, 0.717) is 16.3 Å². The molecule has 3 rings (SSSR count). The van der Waals surface area contributed by atoms with Gasteiger partial charge in [-0.1, -0.05) is 6.58 Å². The molecule has 0 aliphatic heterocycles. The number of allylic oxidation sites excluding steroid dienone is 1. The molecule has 1 aromatic heterocycles. The van der Waals surface area contributed by atoms with Crippen LogP contribution in [0.5, 0.6) is 5.75 Å². The Morgan fingerprint density at radius 2 is 2.08 bits per heavy atom. The molecule has 0 radical (unpaired) electrons. The average Bonchev–Trinajstić information content (AvgIpc) is 2.95. The summed E-state index contributed by atoms with van der Waals surface area (Å²) in [5, 5.41) is 11.6. The molecule has 2 aromatic carbocycles. The Kier molecular flexibility index (Phi) is 4.08. The Hall–Kier alpha value is -2.71. The van der Waals surface area contributed by atoms with Gasteiger partial charge in [0.1, 0.15) is 5.01 Å². The van der Waals surface area contributed by atoms with Gasteiger partial charge in [-0.2, -0.15) is 5.26 Å². The summed E-state index contributed by atoms with van der Waals surface area (Å²) in [5.74, 6) is -0.328. The predicted octanol–water partition coefficient (Wildman–Crippen LogP) is 5.32. The number of aryl methyl sites for hydroxylation is 1. The van der Waals surface area contributed by atoms with Crippen molar-refractivity contribution < 1.29 is 9.13 Å². The summed E-state index contributed by atoms with van der Waals surface area (Å²) in [6, 6.07) is 8.74. The summed E-state index contributed by atoms with van der Waals surface area (Å²) < 4.78 is 19.0. The SMILES string of the molecule is C=C(C)c1sc(-c2cc(C#N)c3cc(OC)c(F)cc3c2)nc1C. The zero-order chi connectivity index (χ0) is 17.4. The highest BCUT2D eigenvalue weighted by Gasteiger charge is 2.14. The first-order valence-corrected chi connectivity index (χ1v) is 8.11. The van der Waals surface area contributed by atoms with Crippen molar-refractivity contribution in [1.82, 2.24) is 4.98 Å². The van der Waals surface area contributed by atoms with Crippen LogP contribution >= 0.6 is 11.3 Å². The number of nitrogens with zero attached hydrogens (tertiary/aromatic N) is 2. The van der Waals surface area contributed by atoms with Crippen LogP contribution in [0, 0.1) is 24.1 Å². The Bertz CT molecular complexity index is 1010. The van der Waals surface area contributed by atoms with E-state index >= 15 is 0 Å². The van der Waals surface area contributed by atoms with E-state index in [4.69, 9.17) is 4.74 Å². The maximum Gasteiger partial charge on any atom is 0.165 e. The van der Waals surface area contributed by atoms with Crippen molar-refractivity contribution in [1.29, 1.82) is 5.26 Å². The van der Waals surface area contributed by atoms with Crippen LogP contribution in [0.3, 0.4) is 0 Å². The van der Waals surface area contributed by atoms with Crippen LogP contribution in [-0.4, -0.2) is 12.1 Å². The molecule has 0 bridgehead atoms. The summed E-state index contributed by atoms with van der Waals surface area (Å²) in [6.07, 6.45) is 0. The lowest BCUT2D eigenvalue weighted by Crippen LogP contribution is -1.91. The second-order valence-electron chi connectivity index (χ2n) is 5.56. The number of halogens is 1. The lowest BCUT2D eigenvalue weighted by atomic mass is 10.0. The molecule has 0 saturated heterocycles. The standard InChI is InChI=1S/C19H15FN2OS/c1-10(2)18-11(3)22-19(24-18)13-5-12-7-16(20)17(23-4)8-15(12)14(6-13)9-21/h5-8H,1H2,2-4H3. The fourth-order valence-electron chi connectivity index (χ4n) is 2.65. The first-order valence-electron chi connectivity index (χ1n) is 7.29. The normalized spacial score (nSPS) is 10.6. The zero-order valence-corrected chi connectivity index (χ0v) is 14.4. The van der Waals surface area contributed by atoms with E-state index in [2.05, 4.69) is 17.6 Å². The first-order chi connectivity index (χ1) is 11.4. The van der Waals surface area contributed by atoms with Gasteiger partial charge < -0.3 is 4.74 Å². The molecule has 0 N–H and O–H groups in total. The van der Waals surface area contributed by atoms with Crippen molar-refractivity contribution in [2.45, 2.75) is 13.8 Å². The number of hydrogen-bond acceptors (Lipinski definition) is 4. The number of ether oxygens (including phenoxy) is 1. The molecular formula is C19H15FN2OS. The fraction of sp³-hybridized carbons (Fsp3) is 0.158. The van der Waals surface area contributed by atoms with Crippen molar-refractivity contribution >= 4 is 27.7 Å². The van der Waals surface area contributed by atoms with Crippen LogP contribution in [0.1, 0.15) is 23.1 Å². The van der Waals surface area contributed by atoms with Crippen LogP contribution in [0.25, 0.3) is 26.9 Å². The Balaban J connectivity index is 2.25. The third kappa shape index (κ3) is 2.66. The number of rotatable bonds is 3. The molecule has 5 heteroatoms. The number of methoxy groups -OCH3 is 1. The van der Waals surface area contributed by atoms with Crippen molar-refractivity contribution in [2.75, 3.05) is 7.11 Å². The Labute approximate surface area is 143 Å². The molecule has 3 nitrogen and oxygen atoms in total. The van der Waals surface area contributed by atoms with Crippen LogP contribution < -0.4 is 4.74 Å². The van der Waals surface area contributed by atoms with Gasteiger partial charge in [-0.05, 0) is 49.1 Å². The number of fused-ring (bicyclic) bond motifs is 1. The average molecular weight is 338 g/mol. The third-order valence-corrected chi connectivity index (χ3v) is 5.14. The van der Waals surface area contributed by atoms with E-state index in [9.17, 15) is 9.65 Å². The maximum absolute atomic E-state index is 14.0. The largest absolute Gasteiger partial charge is 0.494 e. The molecule has 0 aliphatic rings. The second kappa shape index (κ2) is 6.06. The highest BCUT2D eigenvalue weighted by molar-refractivity contribution is 7.16. The minimum absolute atomic E-state index is 0.126. The third-order valence-electron chi connectivity index (χ3n) is 3.78. The van der Waals surface area contributed by atoms with Gasteiger partial charge >= 0.3 is 0 Å². The molecule has 0 unspecified atom stereocenters. The Morgan fingerprint density at radius 3 is 2.67 bits per heavy atom. The number of thiazole rings is 1. The van der Waals surface area contributed by atoms with Gasteiger partial charge in [-0.15, -0.1) is 11.3 Å². The quantitative estimate of drug-likeness (QED) is 0.649. The molecule has 0 atom stereocenters. The lowest BCUT2D eigenvalue weighted by Gasteiger charge is -2.07. The summed E-state index contributed by atoms with van der Waals surface area (Å²) in [4.78, 5) is 5.60. The lowest BCUT2D eigenvalue weighted by molar-refractivity contribution is 0.387. The van der Waals surface area contributed by atoms with Gasteiger partial charge in [0.2, 0.25) is 0 Å². The fourth-order valence-corrected chi connectivity index (χ4v) is 3.63. The van der Waals surface area contributed by atoms with E-state index in [1.165, 1.54) is 24.5 Å². The smallest absolute Gasteiger partial charge is 0.165 e. The molecular weight excluding hydrogens is 323 g/mol. The maximum atomic E-state index is 14.0. The number of nitriles is 1. The van der Waals surface area contributed by atoms with E-state index < -0.39 is 5.82 Å². The Morgan fingerprint density at radius 1 is 1.33 bits per heavy atom. The zero-order valence-electron chi connectivity index (χ0n) is 13.6. The summed E-state index contributed by atoms with van der Waals surface area (Å²) >= 11 is 1.52.